The molecule has 0 radical (unpaired) electrons. The van der Waals surface area contributed by atoms with Gasteiger partial charge in [0.25, 0.3) is 5.56 Å². The van der Waals surface area contributed by atoms with Gasteiger partial charge in [-0.25, -0.2) is 4.79 Å². The van der Waals surface area contributed by atoms with E-state index in [1.165, 1.54) is 9.47 Å². The number of para-hydroxylation sites is 1. The predicted octanol–water partition coefficient (Wildman–Crippen LogP) is -0.0793. The summed E-state index contributed by atoms with van der Waals surface area (Å²) in [6.45, 7) is 2.68. The molecule has 118 valence electrons. The van der Waals surface area contributed by atoms with Crippen molar-refractivity contribution in [2.24, 2.45) is 0 Å². The van der Waals surface area contributed by atoms with Gasteiger partial charge < -0.3 is 10.0 Å². The van der Waals surface area contributed by atoms with E-state index in [2.05, 4.69) is 4.98 Å². The molecule has 0 atom stereocenters. The number of aromatic amines is 1. The van der Waals surface area contributed by atoms with Crippen molar-refractivity contribution >= 4 is 16.8 Å². The minimum Gasteiger partial charge on any atom is -0.395 e. The Morgan fingerprint density at radius 1 is 1.32 bits per heavy atom. The lowest BCUT2D eigenvalue weighted by atomic mass is 10.2. The maximum Gasteiger partial charge on any atom is 0.328 e. The molecule has 0 aliphatic rings. The van der Waals surface area contributed by atoms with Crippen LogP contribution in [0.2, 0.25) is 0 Å². The van der Waals surface area contributed by atoms with Gasteiger partial charge in [-0.05, 0) is 19.1 Å². The fourth-order valence-corrected chi connectivity index (χ4v) is 2.41. The number of hydrogen-bond acceptors (Lipinski definition) is 4. The highest BCUT2D eigenvalue weighted by Crippen LogP contribution is 2.07. The molecule has 2 N–H and O–H groups in total. The zero-order chi connectivity index (χ0) is 16.1. The number of amides is 1. The smallest absolute Gasteiger partial charge is 0.328 e. The summed E-state index contributed by atoms with van der Waals surface area (Å²) in [5.41, 5.74) is -0.449. The van der Waals surface area contributed by atoms with Crippen molar-refractivity contribution in [1.82, 2.24) is 14.5 Å². The van der Waals surface area contributed by atoms with Crippen molar-refractivity contribution in [3.05, 3.63) is 45.1 Å². The topological polar surface area (TPSA) is 95.4 Å². The van der Waals surface area contributed by atoms with Crippen LogP contribution >= 0.6 is 0 Å². The Bertz CT molecular complexity index is 778. The molecule has 2 aromatic rings. The van der Waals surface area contributed by atoms with Gasteiger partial charge in [-0.1, -0.05) is 12.1 Å². The lowest BCUT2D eigenvalue weighted by Crippen LogP contribution is -2.36. The van der Waals surface area contributed by atoms with Gasteiger partial charge in [0.2, 0.25) is 5.91 Å². The quantitative estimate of drug-likeness (QED) is 0.780. The van der Waals surface area contributed by atoms with Crippen LogP contribution in [-0.2, 0) is 11.3 Å². The Kier molecular flexibility index (Phi) is 5.11. The van der Waals surface area contributed by atoms with Crippen LogP contribution in [0.3, 0.4) is 0 Å². The highest BCUT2D eigenvalue weighted by atomic mass is 16.3. The van der Waals surface area contributed by atoms with Gasteiger partial charge in [-0.3, -0.25) is 19.1 Å². The Hall–Kier alpha value is -2.41. The third-order valence-corrected chi connectivity index (χ3v) is 3.56. The number of aromatic nitrogens is 2. The summed E-state index contributed by atoms with van der Waals surface area (Å²) in [5, 5.41) is 9.34. The molecule has 0 spiro atoms. The molecule has 1 aromatic heterocycles. The molecule has 0 unspecified atom stereocenters. The molecule has 22 heavy (non-hydrogen) atoms. The summed E-state index contributed by atoms with van der Waals surface area (Å²) in [5.74, 6) is -0.140. The molecule has 1 aromatic carbocycles. The molecule has 0 saturated heterocycles. The zero-order valence-corrected chi connectivity index (χ0v) is 12.4. The van der Waals surface area contributed by atoms with Gasteiger partial charge in [0.15, 0.2) is 0 Å². The van der Waals surface area contributed by atoms with Gasteiger partial charge in [0.1, 0.15) is 0 Å². The number of rotatable bonds is 6. The van der Waals surface area contributed by atoms with Crippen LogP contribution in [0, 0.1) is 0 Å². The average molecular weight is 305 g/mol. The molecule has 1 amide bonds. The normalized spacial score (nSPS) is 10.8. The fourth-order valence-electron chi connectivity index (χ4n) is 2.41. The minimum atomic E-state index is -0.526. The van der Waals surface area contributed by atoms with E-state index in [0.717, 1.165) is 0 Å². The zero-order valence-electron chi connectivity index (χ0n) is 12.4. The number of fused-ring (bicyclic) bond motifs is 1. The molecule has 2 rings (SSSR count). The Balaban J connectivity index is 2.27. The number of aryl methyl sites for hydroxylation is 1. The molecule has 7 heteroatoms. The summed E-state index contributed by atoms with van der Waals surface area (Å²) in [6, 6.07) is 6.78. The van der Waals surface area contributed by atoms with E-state index >= 15 is 0 Å². The van der Waals surface area contributed by atoms with E-state index in [-0.39, 0.29) is 32.0 Å². The van der Waals surface area contributed by atoms with Crippen molar-refractivity contribution < 1.29 is 9.90 Å². The summed E-state index contributed by atoms with van der Waals surface area (Å²) in [7, 11) is 0. The van der Waals surface area contributed by atoms with E-state index in [9.17, 15) is 14.4 Å². The van der Waals surface area contributed by atoms with Crippen LogP contribution in [0.15, 0.2) is 33.9 Å². The molecule has 0 fully saturated rings. The Labute approximate surface area is 126 Å². The van der Waals surface area contributed by atoms with Crippen molar-refractivity contribution in [2.75, 3.05) is 19.7 Å². The average Bonchev–Trinajstić information content (AvgIpc) is 2.52. The fraction of sp³-hybridized carbons (Fsp3) is 0.400. The molecular formula is C15H19N3O4. The van der Waals surface area contributed by atoms with Crippen LogP contribution in [0.4, 0.5) is 0 Å². The lowest BCUT2D eigenvalue weighted by Gasteiger charge is -2.20. The van der Waals surface area contributed by atoms with Crippen LogP contribution in [0.1, 0.15) is 13.3 Å². The maximum absolute atomic E-state index is 12.1. The number of carbonyl (C=O) groups excluding carboxylic acids is 1. The van der Waals surface area contributed by atoms with E-state index in [0.29, 0.717) is 17.4 Å². The van der Waals surface area contributed by atoms with E-state index in [1.807, 2.05) is 6.92 Å². The molecule has 7 nitrogen and oxygen atoms in total. The minimum absolute atomic E-state index is 0.0961. The first-order chi connectivity index (χ1) is 10.6. The lowest BCUT2D eigenvalue weighted by molar-refractivity contribution is -0.131. The first kappa shape index (κ1) is 16.0. The molecule has 0 saturated carbocycles. The maximum atomic E-state index is 12.1. The van der Waals surface area contributed by atoms with Crippen LogP contribution in [0.25, 0.3) is 10.9 Å². The van der Waals surface area contributed by atoms with Gasteiger partial charge in [-0.2, -0.15) is 0 Å². The number of nitrogens with zero attached hydrogens (tertiary/aromatic N) is 2. The summed E-state index contributed by atoms with van der Waals surface area (Å²) >= 11 is 0. The van der Waals surface area contributed by atoms with Gasteiger partial charge in [0, 0.05) is 26.1 Å². The second kappa shape index (κ2) is 7.04. The Morgan fingerprint density at radius 3 is 2.73 bits per heavy atom. The van der Waals surface area contributed by atoms with Crippen molar-refractivity contribution in [3.8, 4) is 0 Å². The molecule has 0 aliphatic carbocycles. The summed E-state index contributed by atoms with van der Waals surface area (Å²) in [4.78, 5) is 39.6. The van der Waals surface area contributed by atoms with Crippen LogP contribution in [0.5, 0.6) is 0 Å². The number of likely N-dealkylation sites (N-methyl/N-ethyl adjacent to an activating group) is 1. The third-order valence-electron chi connectivity index (χ3n) is 3.56. The first-order valence-corrected chi connectivity index (χ1v) is 7.19. The van der Waals surface area contributed by atoms with Crippen molar-refractivity contribution in [1.29, 1.82) is 0 Å². The highest BCUT2D eigenvalue weighted by Gasteiger charge is 2.13. The predicted molar refractivity (Wildman–Crippen MR) is 82.8 cm³/mol. The molecule has 1 heterocycles. The largest absolute Gasteiger partial charge is 0.395 e. The Morgan fingerprint density at radius 2 is 2.05 bits per heavy atom. The molecular weight excluding hydrogens is 286 g/mol. The summed E-state index contributed by atoms with van der Waals surface area (Å²) in [6.07, 6.45) is 0.129. The standard InChI is InChI=1S/C15H19N3O4/c1-2-17(9-10-19)13(20)7-8-18-12-6-4-3-5-11(12)14(21)16-15(18)22/h3-6,19H,2,7-10H2,1H3,(H,16,21,22). The van der Waals surface area contributed by atoms with Crippen LogP contribution in [-0.4, -0.2) is 45.2 Å². The van der Waals surface area contributed by atoms with E-state index < -0.39 is 11.2 Å². The van der Waals surface area contributed by atoms with Crippen LogP contribution < -0.4 is 11.2 Å². The number of aliphatic hydroxyl groups excluding tert-OH is 1. The van der Waals surface area contributed by atoms with Gasteiger partial charge in [0.05, 0.1) is 17.5 Å². The number of aliphatic hydroxyl groups is 1. The number of hydrogen-bond donors (Lipinski definition) is 2. The summed E-state index contributed by atoms with van der Waals surface area (Å²) < 4.78 is 1.39. The third kappa shape index (κ3) is 3.25. The molecule has 0 aliphatic heterocycles. The SMILES string of the molecule is CCN(CCO)C(=O)CCn1c(=O)[nH]c(=O)c2ccccc21. The number of nitrogens with one attached hydrogen (secondary N) is 1. The monoisotopic (exact) mass is 305 g/mol. The van der Waals surface area contributed by atoms with E-state index in [4.69, 9.17) is 5.11 Å². The van der Waals surface area contributed by atoms with Gasteiger partial charge >= 0.3 is 5.69 Å². The number of H-pyrrole nitrogens is 1. The second-order valence-electron chi connectivity index (χ2n) is 4.88. The highest BCUT2D eigenvalue weighted by molar-refractivity contribution is 5.78. The van der Waals surface area contributed by atoms with Gasteiger partial charge in [-0.15, -0.1) is 0 Å². The van der Waals surface area contributed by atoms with E-state index in [1.54, 1.807) is 24.3 Å². The van der Waals surface area contributed by atoms with Crippen molar-refractivity contribution in [3.63, 3.8) is 0 Å². The number of benzene rings is 1. The number of carbonyl (C=O) groups is 1. The van der Waals surface area contributed by atoms with Crippen molar-refractivity contribution in [2.45, 2.75) is 19.9 Å². The molecule has 0 bridgehead atoms. The second-order valence-corrected chi connectivity index (χ2v) is 4.88. The first-order valence-electron chi connectivity index (χ1n) is 7.19.